The maximum absolute atomic E-state index is 13.5. The first kappa shape index (κ1) is 12.6. The van der Waals surface area contributed by atoms with Crippen LogP contribution in [0.4, 0.5) is 4.39 Å². The van der Waals surface area contributed by atoms with Gasteiger partial charge in [-0.15, -0.1) is 0 Å². The summed E-state index contributed by atoms with van der Waals surface area (Å²) in [6, 6.07) is 5.12. The molecule has 0 radical (unpaired) electrons. The Hall–Kier alpha value is -0.870. The molecule has 0 fully saturated rings. The highest BCUT2D eigenvalue weighted by Crippen LogP contribution is 2.28. The molecule has 1 aliphatic rings. The molecule has 2 rings (SSSR count). The number of rotatable bonds is 4. The highest BCUT2D eigenvalue weighted by molar-refractivity contribution is 9.10. The summed E-state index contributed by atoms with van der Waals surface area (Å²) < 4.78 is 19.6. The monoisotopic (exact) mass is 299 g/mol. The van der Waals surface area contributed by atoms with E-state index in [1.807, 2.05) is 13.0 Å². The molecule has 1 heterocycles. The maximum atomic E-state index is 13.5. The third-order valence-corrected chi connectivity index (χ3v) is 3.34. The SMILES string of the molecule is CCNC(C1=CCCO1)c1ccc(Br)c(F)c1. The minimum absolute atomic E-state index is 0.0508. The molecule has 0 saturated heterocycles. The van der Waals surface area contributed by atoms with Gasteiger partial charge in [-0.3, -0.25) is 0 Å². The maximum Gasteiger partial charge on any atom is 0.137 e. The second kappa shape index (κ2) is 5.65. The van der Waals surface area contributed by atoms with Gasteiger partial charge in [0.25, 0.3) is 0 Å². The van der Waals surface area contributed by atoms with E-state index in [0.717, 1.165) is 30.9 Å². The van der Waals surface area contributed by atoms with E-state index in [0.29, 0.717) is 4.47 Å². The zero-order chi connectivity index (χ0) is 12.3. The van der Waals surface area contributed by atoms with Gasteiger partial charge < -0.3 is 10.1 Å². The van der Waals surface area contributed by atoms with Gasteiger partial charge in [-0.25, -0.2) is 4.39 Å². The number of nitrogens with one attached hydrogen (secondary N) is 1. The third kappa shape index (κ3) is 2.87. The summed E-state index contributed by atoms with van der Waals surface area (Å²) in [6.45, 7) is 3.55. The molecule has 2 nitrogen and oxygen atoms in total. The van der Waals surface area contributed by atoms with Crippen LogP contribution in [0.5, 0.6) is 0 Å². The second-order valence-corrected chi connectivity index (χ2v) is 4.76. The molecule has 0 spiro atoms. The molecule has 92 valence electrons. The Bertz CT molecular complexity index is 433. The lowest BCUT2D eigenvalue weighted by molar-refractivity contribution is 0.216. The number of likely N-dealkylation sites (N-methyl/N-ethyl adjacent to an activating group) is 1. The Labute approximate surface area is 109 Å². The van der Waals surface area contributed by atoms with E-state index in [-0.39, 0.29) is 11.9 Å². The van der Waals surface area contributed by atoms with Gasteiger partial charge in [0.05, 0.1) is 17.1 Å². The topological polar surface area (TPSA) is 21.3 Å². The first-order valence-electron chi connectivity index (χ1n) is 5.73. The predicted octanol–water partition coefficient (Wildman–Crippen LogP) is 3.54. The summed E-state index contributed by atoms with van der Waals surface area (Å²) >= 11 is 3.16. The zero-order valence-electron chi connectivity index (χ0n) is 9.67. The van der Waals surface area contributed by atoms with Crippen LogP contribution in [0, 0.1) is 5.82 Å². The van der Waals surface area contributed by atoms with Gasteiger partial charge in [-0.05, 0) is 46.2 Å². The van der Waals surface area contributed by atoms with Gasteiger partial charge in [0, 0.05) is 6.42 Å². The fraction of sp³-hybridized carbons (Fsp3) is 0.385. The number of ether oxygens (including phenoxy) is 1. The molecule has 0 amide bonds. The Morgan fingerprint density at radius 1 is 1.53 bits per heavy atom. The van der Waals surface area contributed by atoms with Crippen molar-refractivity contribution in [1.82, 2.24) is 5.32 Å². The largest absolute Gasteiger partial charge is 0.496 e. The van der Waals surface area contributed by atoms with Crippen molar-refractivity contribution in [1.29, 1.82) is 0 Å². The fourth-order valence-corrected chi connectivity index (χ4v) is 2.16. The highest BCUT2D eigenvalue weighted by Gasteiger charge is 2.20. The molecule has 1 unspecified atom stereocenters. The summed E-state index contributed by atoms with van der Waals surface area (Å²) in [5, 5.41) is 3.31. The normalized spacial score (nSPS) is 16.5. The van der Waals surface area contributed by atoms with Crippen LogP contribution < -0.4 is 5.32 Å². The van der Waals surface area contributed by atoms with E-state index in [1.165, 1.54) is 0 Å². The van der Waals surface area contributed by atoms with Gasteiger partial charge in [-0.2, -0.15) is 0 Å². The van der Waals surface area contributed by atoms with Crippen LogP contribution in [-0.2, 0) is 4.74 Å². The quantitative estimate of drug-likeness (QED) is 0.918. The highest BCUT2D eigenvalue weighted by atomic mass is 79.9. The van der Waals surface area contributed by atoms with Crippen molar-refractivity contribution in [2.75, 3.05) is 13.2 Å². The molecular weight excluding hydrogens is 285 g/mol. The fourth-order valence-electron chi connectivity index (χ4n) is 1.92. The molecule has 1 N–H and O–H groups in total. The van der Waals surface area contributed by atoms with Crippen LogP contribution in [0.15, 0.2) is 34.5 Å². The minimum atomic E-state index is -0.246. The van der Waals surface area contributed by atoms with E-state index in [4.69, 9.17) is 4.74 Å². The van der Waals surface area contributed by atoms with Crippen LogP contribution in [-0.4, -0.2) is 13.2 Å². The smallest absolute Gasteiger partial charge is 0.137 e. The minimum Gasteiger partial charge on any atom is -0.496 e. The number of benzene rings is 1. The molecule has 0 saturated carbocycles. The van der Waals surface area contributed by atoms with Gasteiger partial charge in [0.1, 0.15) is 11.6 Å². The average molecular weight is 300 g/mol. The first-order valence-corrected chi connectivity index (χ1v) is 6.53. The Balaban J connectivity index is 2.28. The molecule has 17 heavy (non-hydrogen) atoms. The van der Waals surface area contributed by atoms with Gasteiger partial charge in [0.15, 0.2) is 0 Å². The third-order valence-electron chi connectivity index (χ3n) is 2.70. The lowest BCUT2D eigenvalue weighted by Gasteiger charge is -2.19. The summed E-state index contributed by atoms with van der Waals surface area (Å²) in [6.07, 6.45) is 2.99. The van der Waals surface area contributed by atoms with Gasteiger partial charge >= 0.3 is 0 Å². The van der Waals surface area contributed by atoms with Crippen LogP contribution in [0.2, 0.25) is 0 Å². The average Bonchev–Trinajstić information content (AvgIpc) is 2.83. The Kier molecular flexibility index (Phi) is 4.18. The summed E-state index contributed by atoms with van der Waals surface area (Å²) in [5.41, 5.74) is 0.890. The summed E-state index contributed by atoms with van der Waals surface area (Å²) in [4.78, 5) is 0. The van der Waals surface area contributed by atoms with Crippen molar-refractivity contribution in [2.45, 2.75) is 19.4 Å². The molecule has 1 atom stereocenters. The molecule has 0 aliphatic carbocycles. The van der Waals surface area contributed by atoms with Crippen LogP contribution >= 0.6 is 15.9 Å². The van der Waals surface area contributed by atoms with Crippen molar-refractivity contribution < 1.29 is 9.13 Å². The molecule has 1 aromatic rings. The van der Waals surface area contributed by atoms with Crippen molar-refractivity contribution in [3.63, 3.8) is 0 Å². The Morgan fingerprint density at radius 3 is 2.94 bits per heavy atom. The lowest BCUT2D eigenvalue weighted by atomic mass is 10.0. The van der Waals surface area contributed by atoms with Gasteiger partial charge in [-0.1, -0.05) is 13.0 Å². The first-order chi connectivity index (χ1) is 8.22. The van der Waals surface area contributed by atoms with E-state index < -0.39 is 0 Å². The molecule has 4 heteroatoms. The molecule has 1 aromatic carbocycles. The van der Waals surface area contributed by atoms with E-state index in [1.54, 1.807) is 12.1 Å². The molecular formula is C13H15BrFNO. The Morgan fingerprint density at radius 2 is 2.35 bits per heavy atom. The van der Waals surface area contributed by atoms with E-state index >= 15 is 0 Å². The summed E-state index contributed by atoms with van der Waals surface area (Å²) in [5.74, 6) is 0.651. The number of halogens is 2. The van der Waals surface area contributed by atoms with Crippen LogP contribution in [0.3, 0.4) is 0 Å². The second-order valence-electron chi connectivity index (χ2n) is 3.91. The number of hydrogen-bond donors (Lipinski definition) is 1. The molecule has 0 aromatic heterocycles. The summed E-state index contributed by atoms with van der Waals surface area (Å²) in [7, 11) is 0. The predicted molar refractivity (Wildman–Crippen MR) is 69.2 cm³/mol. The number of hydrogen-bond acceptors (Lipinski definition) is 2. The van der Waals surface area contributed by atoms with Crippen molar-refractivity contribution in [3.05, 3.63) is 45.9 Å². The van der Waals surface area contributed by atoms with Gasteiger partial charge in [0.2, 0.25) is 0 Å². The molecule has 0 bridgehead atoms. The van der Waals surface area contributed by atoms with Crippen LogP contribution in [0.1, 0.15) is 24.9 Å². The molecule has 1 aliphatic heterocycles. The lowest BCUT2D eigenvalue weighted by Crippen LogP contribution is -2.23. The van der Waals surface area contributed by atoms with Crippen molar-refractivity contribution >= 4 is 15.9 Å². The van der Waals surface area contributed by atoms with E-state index in [9.17, 15) is 4.39 Å². The van der Waals surface area contributed by atoms with Crippen molar-refractivity contribution in [3.8, 4) is 0 Å². The van der Waals surface area contributed by atoms with Crippen LogP contribution in [0.25, 0.3) is 0 Å². The standard InChI is InChI=1S/C13H15BrFNO/c1-2-16-13(12-4-3-7-17-12)9-5-6-10(14)11(15)8-9/h4-6,8,13,16H,2-3,7H2,1H3. The van der Waals surface area contributed by atoms with E-state index in [2.05, 4.69) is 27.3 Å². The van der Waals surface area contributed by atoms with Crippen molar-refractivity contribution in [2.24, 2.45) is 0 Å². The zero-order valence-corrected chi connectivity index (χ0v) is 11.3.